The molecule has 5 heteroatoms. The molecule has 2 rings (SSSR count). The number of rotatable bonds is 5. The lowest BCUT2D eigenvalue weighted by molar-refractivity contribution is 0.0597. The molecule has 0 fully saturated rings. The highest BCUT2D eigenvalue weighted by Crippen LogP contribution is 2.23. The van der Waals surface area contributed by atoms with Gasteiger partial charge in [-0.1, -0.05) is 30.3 Å². The van der Waals surface area contributed by atoms with Crippen LogP contribution in [0, 0.1) is 0 Å². The summed E-state index contributed by atoms with van der Waals surface area (Å²) in [5, 5.41) is 0. The Hall–Kier alpha value is -2.33. The van der Waals surface area contributed by atoms with Gasteiger partial charge >= 0.3 is 5.97 Å². The van der Waals surface area contributed by atoms with Crippen molar-refractivity contribution in [2.75, 3.05) is 13.7 Å². The predicted octanol–water partition coefficient (Wildman–Crippen LogP) is 3.52. The van der Waals surface area contributed by atoms with Gasteiger partial charge in [0.1, 0.15) is 5.75 Å². The maximum Gasteiger partial charge on any atom is 0.338 e. The van der Waals surface area contributed by atoms with Crippen molar-refractivity contribution in [1.29, 1.82) is 0 Å². The van der Waals surface area contributed by atoms with Gasteiger partial charge in [-0.3, -0.25) is 4.79 Å². The van der Waals surface area contributed by atoms with Crippen LogP contribution < -0.4 is 4.74 Å². The van der Waals surface area contributed by atoms with Crippen molar-refractivity contribution in [3.63, 3.8) is 0 Å². The van der Waals surface area contributed by atoms with Crippen molar-refractivity contribution in [2.24, 2.45) is 0 Å². The third-order valence-electron chi connectivity index (χ3n) is 3.01. The van der Waals surface area contributed by atoms with E-state index in [1.54, 1.807) is 48.5 Å². The average Bonchev–Trinajstić information content (AvgIpc) is 2.54. The van der Waals surface area contributed by atoms with Crippen LogP contribution in [0.5, 0.6) is 5.75 Å². The molecule has 0 saturated heterocycles. The van der Waals surface area contributed by atoms with E-state index in [9.17, 15) is 9.59 Å². The summed E-state index contributed by atoms with van der Waals surface area (Å²) in [6, 6.07) is 13.6. The lowest BCUT2D eigenvalue weighted by atomic mass is 9.98. The van der Waals surface area contributed by atoms with Crippen LogP contribution in [0.4, 0.5) is 0 Å². The van der Waals surface area contributed by atoms with Crippen molar-refractivity contribution in [3.8, 4) is 5.75 Å². The number of para-hydroxylation sites is 1. The zero-order chi connectivity index (χ0) is 15.2. The molecule has 0 aliphatic carbocycles. The second-order valence-corrected chi connectivity index (χ2v) is 4.30. The van der Waals surface area contributed by atoms with Gasteiger partial charge < -0.3 is 9.47 Å². The van der Waals surface area contributed by atoms with Crippen LogP contribution in [-0.2, 0) is 4.74 Å². The van der Waals surface area contributed by atoms with Gasteiger partial charge in [-0.2, -0.15) is 0 Å². The number of hydrogen-bond acceptors (Lipinski definition) is 4. The number of hydrogen-bond donors (Lipinski definition) is 0. The van der Waals surface area contributed by atoms with Crippen LogP contribution in [-0.4, -0.2) is 25.5 Å². The highest BCUT2D eigenvalue weighted by Gasteiger charge is 2.20. The molecule has 0 aliphatic rings. The maximum absolute atomic E-state index is 12.7. The first kappa shape index (κ1) is 17.7. The molecule has 22 heavy (non-hydrogen) atoms. The average molecular weight is 321 g/mol. The van der Waals surface area contributed by atoms with E-state index in [1.807, 2.05) is 6.92 Å². The van der Waals surface area contributed by atoms with Crippen molar-refractivity contribution >= 4 is 24.2 Å². The van der Waals surface area contributed by atoms with E-state index in [4.69, 9.17) is 9.47 Å². The van der Waals surface area contributed by atoms with E-state index in [-0.39, 0.29) is 23.8 Å². The summed E-state index contributed by atoms with van der Waals surface area (Å²) in [6.45, 7) is 2.31. The number of methoxy groups -OCH3 is 1. The van der Waals surface area contributed by atoms with Gasteiger partial charge in [0.05, 0.1) is 24.8 Å². The van der Waals surface area contributed by atoms with Gasteiger partial charge in [0.2, 0.25) is 0 Å². The lowest BCUT2D eigenvalue weighted by Gasteiger charge is -2.11. The lowest BCUT2D eigenvalue weighted by Crippen LogP contribution is -2.12. The van der Waals surface area contributed by atoms with Crippen molar-refractivity contribution < 1.29 is 19.1 Å². The van der Waals surface area contributed by atoms with Crippen molar-refractivity contribution in [3.05, 3.63) is 65.2 Å². The molecule has 0 aromatic heterocycles. The molecular formula is C17H17ClO4. The van der Waals surface area contributed by atoms with E-state index in [1.165, 1.54) is 7.11 Å². The fourth-order valence-electron chi connectivity index (χ4n) is 2.05. The van der Waals surface area contributed by atoms with Crippen molar-refractivity contribution in [2.45, 2.75) is 6.92 Å². The van der Waals surface area contributed by atoms with Crippen LogP contribution in [0.25, 0.3) is 0 Å². The third kappa shape index (κ3) is 3.65. The number of carbonyl (C=O) groups is 2. The first-order valence-electron chi connectivity index (χ1n) is 6.63. The van der Waals surface area contributed by atoms with E-state index in [2.05, 4.69) is 0 Å². The molecule has 0 N–H and O–H groups in total. The van der Waals surface area contributed by atoms with E-state index >= 15 is 0 Å². The summed E-state index contributed by atoms with van der Waals surface area (Å²) in [7, 11) is 1.29. The van der Waals surface area contributed by atoms with Crippen LogP contribution in [0.15, 0.2) is 48.5 Å². The smallest absolute Gasteiger partial charge is 0.338 e. The standard InChI is InChI=1S/C17H16O4.ClH/c1-3-21-15-11-7-6-10-14(15)16(18)12-8-4-5-9-13(12)17(19)20-2;/h4-11H,3H2,1-2H3;1H. The first-order valence-corrected chi connectivity index (χ1v) is 6.63. The molecular weight excluding hydrogens is 304 g/mol. The first-order chi connectivity index (χ1) is 10.2. The molecule has 116 valence electrons. The fraction of sp³-hybridized carbons (Fsp3) is 0.176. The molecule has 0 bridgehead atoms. The molecule has 2 aromatic rings. The van der Waals surface area contributed by atoms with Crippen LogP contribution in [0.2, 0.25) is 0 Å². The Morgan fingerprint density at radius 3 is 2.05 bits per heavy atom. The van der Waals surface area contributed by atoms with Gasteiger partial charge in [0, 0.05) is 5.56 Å². The Kier molecular flexibility index (Phi) is 6.60. The summed E-state index contributed by atoms with van der Waals surface area (Å²) in [4.78, 5) is 24.5. The normalized spacial score (nSPS) is 9.55. The van der Waals surface area contributed by atoms with Crippen LogP contribution in [0.1, 0.15) is 33.2 Å². The molecule has 0 amide bonds. The molecule has 2 aromatic carbocycles. The minimum absolute atomic E-state index is 0. The topological polar surface area (TPSA) is 52.6 Å². The van der Waals surface area contributed by atoms with Gasteiger partial charge in [-0.15, -0.1) is 12.4 Å². The highest BCUT2D eigenvalue weighted by atomic mass is 35.5. The molecule has 0 heterocycles. The quantitative estimate of drug-likeness (QED) is 0.624. The van der Waals surface area contributed by atoms with Gasteiger partial charge in [0.25, 0.3) is 0 Å². The minimum Gasteiger partial charge on any atom is -0.493 e. The zero-order valence-corrected chi connectivity index (χ0v) is 13.2. The third-order valence-corrected chi connectivity index (χ3v) is 3.01. The molecule has 0 atom stereocenters. The Bertz CT molecular complexity index is 667. The summed E-state index contributed by atoms with van der Waals surface area (Å²) in [5.41, 5.74) is 0.975. The number of carbonyl (C=O) groups excluding carboxylic acids is 2. The van der Waals surface area contributed by atoms with Gasteiger partial charge in [-0.05, 0) is 25.1 Å². The van der Waals surface area contributed by atoms with E-state index in [0.717, 1.165) is 0 Å². The van der Waals surface area contributed by atoms with Gasteiger partial charge in [-0.25, -0.2) is 4.79 Å². The number of ketones is 1. The number of esters is 1. The molecule has 0 saturated carbocycles. The number of benzene rings is 2. The largest absolute Gasteiger partial charge is 0.493 e. The second kappa shape index (κ2) is 8.20. The van der Waals surface area contributed by atoms with E-state index < -0.39 is 5.97 Å². The summed E-state index contributed by atoms with van der Waals surface area (Å²) < 4.78 is 10.2. The molecule has 4 nitrogen and oxygen atoms in total. The molecule has 0 unspecified atom stereocenters. The van der Waals surface area contributed by atoms with Gasteiger partial charge in [0.15, 0.2) is 5.78 Å². The Morgan fingerprint density at radius 1 is 0.909 bits per heavy atom. The van der Waals surface area contributed by atoms with Crippen LogP contribution >= 0.6 is 12.4 Å². The molecule has 0 aliphatic heterocycles. The zero-order valence-electron chi connectivity index (χ0n) is 12.4. The van der Waals surface area contributed by atoms with E-state index in [0.29, 0.717) is 23.5 Å². The Labute approximate surface area is 135 Å². The SMILES string of the molecule is CCOc1ccccc1C(=O)c1ccccc1C(=O)OC.Cl. The number of halogens is 1. The molecule has 0 spiro atoms. The van der Waals surface area contributed by atoms with Crippen molar-refractivity contribution in [1.82, 2.24) is 0 Å². The predicted molar refractivity (Wildman–Crippen MR) is 86.1 cm³/mol. The highest BCUT2D eigenvalue weighted by molar-refractivity contribution is 6.15. The summed E-state index contributed by atoms with van der Waals surface area (Å²) >= 11 is 0. The Morgan fingerprint density at radius 2 is 1.45 bits per heavy atom. The summed E-state index contributed by atoms with van der Waals surface area (Å²) in [6.07, 6.45) is 0. The van der Waals surface area contributed by atoms with Crippen LogP contribution in [0.3, 0.4) is 0 Å². The second-order valence-electron chi connectivity index (χ2n) is 4.30. The Balaban J connectivity index is 0.00000242. The summed E-state index contributed by atoms with van der Waals surface area (Å²) in [5.74, 6) is -0.294. The number of ether oxygens (including phenoxy) is 2. The fourth-order valence-corrected chi connectivity index (χ4v) is 2.05. The minimum atomic E-state index is -0.534. The maximum atomic E-state index is 12.7. The molecule has 0 radical (unpaired) electrons. The monoisotopic (exact) mass is 320 g/mol.